The smallest absolute Gasteiger partial charge is 0.271 e. The summed E-state index contributed by atoms with van der Waals surface area (Å²) in [6.45, 7) is 0.570. The Bertz CT molecular complexity index is 1570. The van der Waals surface area contributed by atoms with Gasteiger partial charge in [-0.3, -0.25) is 9.69 Å². The summed E-state index contributed by atoms with van der Waals surface area (Å²) < 4.78 is 22.5. The average Bonchev–Trinajstić information content (AvgIpc) is 3.56. The van der Waals surface area contributed by atoms with Crippen LogP contribution in [0.4, 0.5) is 11.4 Å². The number of carbonyl (C=O) groups excluding carboxylic acids is 1. The van der Waals surface area contributed by atoms with Crippen LogP contribution in [0.3, 0.4) is 0 Å². The Kier molecular flexibility index (Phi) is 6.93. The molecule has 194 valence electrons. The van der Waals surface area contributed by atoms with Crippen LogP contribution in [0.25, 0.3) is 6.08 Å². The van der Waals surface area contributed by atoms with E-state index in [4.69, 9.17) is 23.9 Å². The lowest BCUT2D eigenvalue weighted by molar-refractivity contribution is -0.113. The van der Waals surface area contributed by atoms with Gasteiger partial charge in [-0.2, -0.15) is 0 Å². The van der Waals surface area contributed by atoms with E-state index in [1.165, 1.54) is 11.8 Å². The summed E-state index contributed by atoms with van der Waals surface area (Å²) in [5.41, 5.74) is 3.30. The normalized spacial score (nSPS) is 16.2. The predicted molar refractivity (Wildman–Crippen MR) is 153 cm³/mol. The standard InChI is InChI=1S/C31H24N2O5S/c1-35-27-16-21(12-14-25(27)36-19-22-13-15-26-28(17-22)38-20-37-26)18-29-30(34)33(24-10-6-3-7-11-24)31(39-29)32-23-8-4-2-5-9-23/h2-18H,19-20H2,1H3/b29-18+,32-31?. The summed E-state index contributed by atoms with van der Waals surface area (Å²) in [6, 6.07) is 30.5. The largest absolute Gasteiger partial charge is 0.493 e. The van der Waals surface area contributed by atoms with Gasteiger partial charge < -0.3 is 18.9 Å². The van der Waals surface area contributed by atoms with Crippen molar-refractivity contribution in [2.24, 2.45) is 4.99 Å². The number of hydrogen-bond donors (Lipinski definition) is 0. The Morgan fingerprint density at radius 2 is 1.67 bits per heavy atom. The third kappa shape index (κ3) is 5.32. The maximum Gasteiger partial charge on any atom is 0.271 e. The molecule has 0 atom stereocenters. The number of aliphatic imine (C=N–C) groups is 1. The molecule has 0 saturated carbocycles. The van der Waals surface area contributed by atoms with E-state index in [2.05, 4.69) is 0 Å². The van der Waals surface area contributed by atoms with Crippen molar-refractivity contribution < 1.29 is 23.7 Å². The number of carbonyl (C=O) groups is 1. The predicted octanol–water partition coefficient (Wildman–Crippen LogP) is 6.81. The number of ether oxygens (including phenoxy) is 4. The first-order chi connectivity index (χ1) is 19.2. The Morgan fingerprint density at radius 1 is 0.897 bits per heavy atom. The van der Waals surface area contributed by atoms with Gasteiger partial charge in [-0.25, -0.2) is 4.99 Å². The molecule has 1 saturated heterocycles. The molecule has 0 unspecified atom stereocenters. The van der Waals surface area contributed by atoms with Crippen molar-refractivity contribution in [2.75, 3.05) is 18.8 Å². The van der Waals surface area contributed by atoms with E-state index in [9.17, 15) is 4.79 Å². The molecule has 2 aliphatic heterocycles. The molecule has 0 bridgehead atoms. The van der Waals surface area contributed by atoms with Gasteiger partial charge in [-0.05, 0) is 77.5 Å². The molecule has 7 nitrogen and oxygen atoms in total. The van der Waals surface area contributed by atoms with Crippen LogP contribution < -0.4 is 23.8 Å². The van der Waals surface area contributed by atoms with E-state index in [1.54, 1.807) is 12.0 Å². The van der Waals surface area contributed by atoms with Crippen LogP contribution in [-0.2, 0) is 11.4 Å². The fourth-order valence-electron chi connectivity index (χ4n) is 4.20. The molecular formula is C31H24N2O5S. The van der Waals surface area contributed by atoms with Crippen molar-refractivity contribution in [2.45, 2.75) is 6.61 Å². The van der Waals surface area contributed by atoms with Crippen molar-refractivity contribution in [1.29, 1.82) is 0 Å². The van der Waals surface area contributed by atoms with Crippen LogP contribution in [-0.4, -0.2) is 25.0 Å². The SMILES string of the molecule is COc1cc(/C=C2/SC(=Nc3ccccc3)N(c3ccccc3)C2=O)ccc1OCc1ccc2c(c1)OCO2. The molecule has 8 heteroatoms. The molecule has 0 aromatic heterocycles. The molecule has 1 fully saturated rings. The third-order valence-electron chi connectivity index (χ3n) is 6.12. The molecule has 0 spiro atoms. The van der Waals surface area contributed by atoms with Gasteiger partial charge in [0.05, 0.1) is 23.4 Å². The van der Waals surface area contributed by atoms with Crippen molar-refractivity contribution in [1.82, 2.24) is 0 Å². The van der Waals surface area contributed by atoms with Crippen LogP contribution >= 0.6 is 11.8 Å². The van der Waals surface area contributed by atoms with Gasteiger partial charge in [-0.15, -0.1) is 0 Å². The minimum Gasteiger partial charge on any atom is -0.493 e. The highest BCUT2D eigenvalue weighted by Crippen LogP contribution is 2.39. The Morgan fingerprint density at radius 3 is 2.46 bits per heavy atom. The summed E-state index contributed by atoms with van der Waals surface area (Å²) in [5, 5.41) is 0.597. The summed E-state index contributed by atoms with van der Waals surface area (Å²) in [7, 11) is 1.59. The average molecular weight is 537 g/mol. The lowest BCUT2D eigenvalue weighted by Crippen LogP contribution is -2.28. The molecule has 6 rings (SSSR count). The van der Waals surface area contributed by atoms with Crippen LogP contribution in [0.1, 0.15) is 11.1 Å². The van der Waals surface area contributed by atoms with Gasteiger partial charge >= 0.3 is 0 Å². The highest BCUT2D eigenvalue weighted by Gasteiger charge is 2.34. The minimum absolute atomic E-state index is 0.136. The number of thioether (sulfide) groups is 1. The summed E-state index contributed by atoms with van der Waals surface area (Å²) in [5.74, 6) is 2.47. The van der Waals surface area contributed by atoms with Gasteiger partial charge in [0.1, 0.15) is 6.61 Å². The molecule has 39 heavy (non-hydrogen) atoms. The molecular weight excluding hydrogens is 512 g/mol. The number of rotatable bonds is 7. The Hall–Kier alpha value is -4.69. The number of amidine groups is 1. The van der Waals surface area contributed by atoms with Gasteiger partial charge in [0.25, 0.3) is 5.91 Å². The highest BCUT2D eigenvalue weighted by atomic mass is 32.2. The van der Waals surface area contributed by atoms with Gasteiger partial charge in [-0.1, -0.05) is 48.5 Å². The molecule has 4 aromatic carbocycles. The number of hydrogen-bond acceptors (Lipinski definition) is 7. The van der Waals surface area contributed by atoms with Gasteiger partial charge in [0, 0.05) is 0 Å². The maximum atomic E-state index is 13.6. The highest BCUT2D eigenvalue weighted by molar-refractivity contribution is 8.19. The number of amides is 1. The number of fused-ring (bicyclic) bond motifs is 1. The fraction of sp³-hybridized carbons (Fsp3) is 0.0968. The number of benzene rings is 4. The molecule has 0 radical (unpaired) electrons. The first kappa shape index (κ1) is 24.6. The second-order valence-electron chi connectivity index (χ2n) is 8.70. The van der Waals surface area contributed by atoms with Crippen LogP contribution in [0.2, 0.25) is 0 Å². The number of para-hydroxylation sites is 2. The van der Waals surface area contributed by atoms with E-state index < -0.39 is 0 Å². The first-order valence-corrected chi connectivity index (χ1v) is 13.1. The van der Waals surface area contributed by atoms with E-state index in [0.717, 1.165) is 28.3 Å². The number of methoxy groups -OCH3 is 1. The lowest BCUT2D eigenvalue weighted by atomic mass is 10.1. The molecule has 0 N–H and O–H groups in total. The maximum absolute atomic E-state index is 13.6. The number of nitrogens with zero attached hydrogens (tertiary/aromatic N) is 2. The lowest BCUT2D eigenvalue weighted by Gasteiger charge is -2.15. The Balaban J connectivity index is 1.25. The fourth-order valence-corrected chi connectivity index (χ4v) is 5.20. The molecule has 1 amide bonds. The van der Waals surface area contributed by atoms with Crippen molar-refractivity contribution in [3.8, 4) is 23.0 Å². The van der Waals surface area contributed by atoms with Crippen LogP contribution in [0.15, 0.2) is 107 Å². The van der Waals surface area contributed by atoms with Gasteiger partial charge in [0.2, 0.25) is 6.79 Å². The van der Waals surface area contributed by atoms with E-state index in [0.29, 0.717) is 33.9 Å². The summed E-state index contributed by atoms with van der Waals surface area (Å²) in [4.78, 5) is 20.5. The zero-order valence-electron chi connectivity index (χ0n) is 21.1. The Labute approximate surface area is 230 Å². The second-order valence-corrected chi connectivity index (χ2v) is 9.71. The molecule has 4 aromatic rings. The topological polar surface area (TPSA) is 69.6 Å². The minimum atomic E-state index is -0.136. The van der Waals surface area contributed by atoms with Crippen LogP contribution in [0, 0.1) is 0 Å². The monoisotopic (exact) mass is 536 g/mol. The molecule has 0 aliphatic carbocycles. The van der Waals surface area contributed by atoms with E-state index in [-0.39, 0.29) is 12.7 Å². The molecule has 2 heterocycles. The zero-order chi connectivity index (χ0) is 26.6. The van der Waals surface area contributed by atoms with Crippen molar-refractivity contribution in [3.05, 3.63) is 113 Å². The quantitative estimate of drug-likeness (QED) is 0.242. The van der Waals surface area contributed by atoms with E-state index >= 15 is 0 Å². The molecule has 2 aliphatic rings. The zero-order valence-corrected chi connectivity index (χ0v) is 21.9. The number of anilines is 1. The summed E-state index contributed by atoms with van der Waals surface area (Å²) >= 11 is 1.34. The summed E-state index contributed by atoms with van der Waals surface area (Å²) in [6.07, 6.45) is 1.85. The van der Waals surface area contributed by atoms with Gasteiger partial charge in [0.15, 0.2) is 28.2 Å². The van der Waals surface area contributed by atoms with Crippen LogP contribution in [0.5, 0.6) is 23.0 Å². The third-order valence-corrected chi connectivity index (χ3v) is 7.09. The second kappa shape index (κ2) is 11.0. The van der Waals surface area contributed by atoms with Crippen molar-refractivity contribution >= 4 is 40.3 Å². The van der Waals surface area contributed by atoms with Crippen molar-refractivity contribution in [3.63, 3.8) is 0 Å². The van der Waals surface area contributed by atoms with E-state index in [1.807, 2.05) is 103 Å². The first-order valence-electron chi connectivity index (χ1n) is 12.3.